The van der Waals surface area contributed by atoms with E-state index in [9.17, 15) is 4.79 Å². The third-order valence-corrected chi connectivity index (χ3v) is 5.04. The first-order chi connectivity index (χ1) is 13.1. The Balaban J connectivity index is 1.47. The first kappa shape index (κ1) is 17.7. The van der Waals surface area contributed by atoms with Crippen molar-refractivity contribution in [2.24, 2.45) is 0 Å². The Morgan fingerprint density at radius 3 is 2.37 bits per heavy atom. The molecular formula is C21H25N5O. The van der Waals surface area contributed by atoms with Crippen LogP contribution in [0.2, 0.25) is 0 Å². The number of benzene rings is 2. The Labute approximate surface area is 159 Å². The zero-order chi connectivity index (χ0) is 18.8. The quantitative estimate of drug-likeness (QED) is 0.699. The number of carbonyl (C=O) groups is 1. The summed E-state index contributed by atoms with van der Waals surface area (Å²) in [7, 11) is 4.13. The number of carbonyl (C=O) groups excluding carboxylic acids is 1. The number of amides is 1. The largest absolute Gasteiger partial charge is 0.334 e. The van der Waals surface area contributed by atoms with Crippen LogP contribution in [0.5, 0.6) is 0 Å². The van der Waals surface area contributed by atoms with Gasteiger partial charge in [0.1, 0.15) is 17.6 Å². The second kappa shape index (κ2) is 7.48. The predicted octanol–water partition coefficient (Wildman–Crippen LogP) is 2.86. The van der Waals surface area contributed by atoms with E-state index in [1.165, 1.54) is 15.9 Å². The van der Waals surface area contributed by atoms with Gasteiger partial charge in [-0.3, -0.25) is 4.79 Å². The van der Waals surface area contributed by atoms with E-state index in [1.807, 2.05) is 29.2 Å². The van der Waals surface area contributed by atoms with Crippen molar-refractivity contribution < 1.29 is 4.79 Å². The van der Waals surface area contributed by atoms with Gasteiger partial charge in [-0.1, -0.05) is 36.4 Å². The molecule has 3 aromatic rings. The highest BCUT2D eigenvalue weighted by molar-refractivity contribution is 5.78. The number of aromatic nitrogens is 3. The molecule has 1 aliphatic rings. The van der Waals surface area contributed by atoms with Crippen LogP contribution in [0.4, 0.5) is 0 Å². The van der Waals surface area contributed by atoms with Crippen molar-refractivity contribution in [3.63, 3.8) is 0 Å². The number of nitrogens with zero attached hydrogens (tertiary/aromatic N) is 5. The Bertz CT molecular complexity index is 898. The average molecular weight is 363 g/mol. The van der Waals surface area contributed by atoms with Gasteiger partial charge >= 0.3 is 0 Å². The smallest absolute Gasteiger partial charge is 0.246 e. The van der Waals surface area contributed by atoms with E-state index in [-0.39, 0.29) is 18.5 Å². The van der Waals surface area contributed by atoms with E-state index in [4.69, 9.17) is 0 Å². The van der Waals surface area contributed by atoms with E-state index in [2.05, 4.69) is 53.5 Å². The van der Waals surface area contributed by atoms with Crippen molar-refractivity contribution >= 4 is 16.9 Å². The lowest BCUT2D eigenvalue weighted by molar-refractivity contribution is -0.133. The van der Waals surface area contributed by atoms with Crippen molar-refractivity contribution in [3.05, 3.63) is 59.7 Å². The molecule has 1 atom stereocenters. The van der Waals surface area contributed by atoms with Crippen LogP contribution >= 0.6 is 0 Å². The van der Waals surface area contributed by atoms with Crippen molar-refractivity contribution in [2.45, 2.75) is 32.0 Å². The Hall–Kier alpha value is -2.73. The standard InChI is InChI=1S/C21H25N5O/c1-24(2)14-16-9-11-17(12-10-16)20-8-5-13-25(20)21(27)15-26-22-18-6-3-4-7-19(18)23-26/h3-4,6-7,9-12,20H,5,8,13-15H2,1-2H3/t20-/m0/s1. The molecule has 0 N–H and O–H groups in total. The first-order valence-corrected chi connectivity index (χ1v) is 9.43. The van der Waals surface area contributed by atoms with Crippen LogP contribution < -0.4 is 0 Å². The highest BCUT2D eigenvalue weighted by atomic mass is 16.2. The summed E-state index contributed by atoms with van der Waals surface area (Å²) in [5.74, 6) is 0.0789. The molecule has 6 nitrogen and oxygen atoms in total. The van der Waals surface area contributed by atoms with Gasteiger partial charge in [-0.05, 0) is 50.2 Å². The third kappa shape index (κ3) is 3.85. The molecule has 27 heavy (non-hydrogen) atoms. The highest BCUT2D eigenvalue weighted by Gasteiger charge is 2.30. The maximum atomic E-state index is 12.9. The molecule has 1 amide bonds. The van der Waals surface area contributed by atoms with E-state index in [0.29, 0.717) is 0 Å². The fourth-order valence-electron chi connectivity index (χ4n) is 3.81. The normalized spacial score (nSPS) is 17.1. The summed E-state index contributed by atoms with van der Waals surface area (Å²) < 4.78 is 0. The molecule has 0 spiro atoms. The van der Waals surface area contributed by atoms with Crippen molar-refractivity contribution in [1.29, 1.82) is 0 Å². The number of likely N-dealkylation sites (tertiary alicyclic amines) is 1. The lowest BCUT2D eigenvalue weighted by atomic mass is 10.0. The van der Waals surface area contributed by atoms with Gasteiger partial charge in [0.05, 0.1) is 6.04 Å². The Kier molecular flexibility index (Phi) is 4.90. The van der Waals surface area contributed by atoms with Gasteiger partial charge in [-0.15, -0.1) is 0 Å². The summed E-state index contributed by atoms with van der Waals surface area (Å²) in [5.41, 5.74) is 4.13. The lowest BCUT2D eigenvalue weighted by Gasteiger charge is -2.25. The van der Waals surface area contributed by atoms with Crippen molar-refractivity contribution in [3.8, 4) is 0 Å². The molecule has 1 aliphatic heterocycles. The van der Waals surface area contributed by atoms with E-state index >= 15 is 0 Å². The summed E-state index contributed by atoms with van der Waals surface area (Å²) >= 11 is 0. The molecule has 2 aromatic carbocycles. The SMILES string of the molecule is CN(C)Cc1ccc([C@@H]2CCCN2C(=O)Cn2nc3ccccc3n2)cc1. The van der Waals surface area contributed by atoms with Gasteiger partial charge in [0, 0.05) is 13.1 Å². The lowest BCUT2D eigenvalue weighted by Crippen LogP contribution is -2.34. The van der Waals surface area contributed by atoms with Gasteiger partial charge < -0.3 is 9.80 Å². The van der Waals surface area contributed by atoms with Crippen LogP contribution in [0.15, 0.2) is 48.5 Å². The molecule has 0 unspecified atom stereocenters. The first-order valence-electron chi connectivity index (χ1n) is 9.43. The molecule has 2 heterocycles. The van der Waals surface area contributed by atoms with Gasteiger partial charge in [0.15, 0.2) is 0 Å². The van der Waals surface area contributed by atoms with Crippen LogP contribution in [0, 0.1) is 0 Å². The maximum Gasteiger partial charge on any atom is 0.246 e. The summed E-state index contributed by atoms with van der Waals surface area (Å²) in [5, 5.41) is 8.83. The number of hydrogen-bond donors (Lipinski definition) is 0. The zero-order valence-corrected chi connectivity index (χ0v) is 15.9. The molecular weight excluding hydrogens is 338 g/mol. The zero-order valence-electron chi connectivity index (χ0n) is 15.9. The van der Waals surface area contributed by atoms with Gasteiger partial charge in [0.25, 0.3) is 0 Å². The van der Waals surface area contributed by atoms with Crippen LogP contribution in [0.1, 0.15) is 30.0 Å². The van der Waals surface area contributed by atoms with Crippen molar-refractivity contribution in [1.82, 2.24) is 24.8 Å². The second-order valence-electron chi connectivity index (χ2n) is 7.44. The van der Waals surface area contributed by atoms with Crippen molar-refractivity contribution in [2.75, 3.05) is 20.6 Å². The number of rotatable bonds is 5. The molecule has 6 heteroatoms. The molecule has 1 aromatic heterocycles. The van der Waals surface area contributed by atoms with Crippen LogP contribution in [-0.4, -0.2) is 51.3 Å². The average Bonchev–Trinajstić information content (AvgIpc) is 3.28. The fraction of sp³-hybridized carbons (Fsp3) is 0.381. The topological polar surface area (TPSA) is 54.3 Å². The van der Waals surface area contributed by atoms with Crippen LogP contribution in [-0.2, 0) is 17.9 Å². The van der Waals surface area contributed by atoms with E-state index < -0.39 is 0 Å². The minimum atomic E-state index is 0.0789. The minimum Gasteiger partial charge on any atom is -0.334 e. The highest BCUT2D eigenvalue weighted by Crippen LogP contribution is 2.32. The second-order valence-corrected chi connectivity index (χ2v) is 7.44. The molecule has 0 aliphatic carbocycles. The summed E-state index contributed by atoms with van der Waals surface area (Å²) in [6.45, 7) is 1.90. The summed E-state index contributed by atoms with van der Waals surface area (Å²) in [6, 6.07) is 16.5. The molecule has 0 saturated carbocycles. The van der Waals surface area contributed by atoms with Gasteiger partial charge in [-0.25, -0.2) is 0 Å². The van der Waals surface area contributed by atoms with Crippen LogP contribution in [0.25, 0.3) is 11.0 Å². The molecule has 0 radical (unpaired) electrons. The van der Waals surface area contributed by atoms with Crippen LogP contribution in [0.3, 0.4) is 0 Å². The molecule has 0 bridgehead atoms. The third-order valence-electron chi connectivity index (χ3n) is 5.04. The summed E-state index contributed by atoms with van der Waals surface area (Å²) in [6.07, 6.45) is 2.04. The molecule has 1 fully saturated rings. The monoisotopic (exact) mass is 363 g/mol. The number of fused-ring (bicyclic) bond motifs is 1. The predicted molar refractivity (Wildman–Crippen MR) is 105 cm³/mol. The molecule has 4 rings (SSSR count). The molecule has 140 valence electrons. The van der Waals surface area contributed by atoms with Gasteiger partial charge in [-0.2, -0.15) is 15.0 Å². The van der Waals surface area contributed by atoms with E-state index in [0.717, 1.165) is 37.0 Å². The summed E-state index contributed by atoms with van der Waals surface area (Å²) in [4.78, 5) is 18.6. The Morgan fingerprint density at radius 1 is 1.07 bits per heavy atom. The molecule has 1 saturated heterocycles. The Morgan fingerprint density at radius 2 is 1.74 bits per heavy atom. The number of hydrogen-bond acceptors (Lipinski definition) is 4. The van der Waals surface area contributed by atoms with E-state index in [1.54, 1.807) is 0 Å². The fourth-order valence-corrected chi connectivity index (χ4v) is 3.81. The van der Waals surface area contributed by atoms with Gasteiger partial charge in [0.2, 0.25) is 5.91 Å². The maximum absolute atomic E-state index is 12.9. The minimum absolute atomic E-state index is 0.0789.